The summed E-state index contributed by atoms with van der Waals surface area (Å²) in [4.78, 5) is 0. The topological polar surface area (TPSA) is 57.2 Å². The molecule has 0 atom stereocenters. The van der Waals surface area contributed by atoms with E-state index in [-0.39, 0.29) is 26.6 Å². The number of benzene rings is 2. The number of alkyl halides is 3. The Hall–Kier alpha value is -1.13. The van der Waals surface area contributed by atoms with Gasteiger partial charge in [-0.2, -0.15) is 13.2 Å². The van der Waals surface area contributed by atoms with Crippen LogP contribution in [0.1, 0.15) is 31.9 Å². The van der Waals surface area contributed by atoms with Crippen molar-refractivity contribution in [2.24, 2.45) is 0 Å². The average Bonchev–Trinajstić information content (AvgIpc) is 2.48. The van der Waals surface area contributed by atoms with Crippen LogP contribution >= 0.6 is 0 Å². The van der Waals surface area contributed by atoms with Gasteiger partial charge in [0.15, 0.2) is 17.3 Å². The van der Waals surface area contributed by atoms with Gasteiger partial charge in [-0.1, -0.05) is 51.1 Å². The number of halogens is 4. The van der Waals surface area contributed by atoms with Crippen LogP contribution in [0.2, 0.25) is 0 Å². The van der Waals surface area contributed by atoms with Gasteiger partial charge in [-0.25, -0.2) is 8.42 Å². The Morgan fingerprint density at radius 1 is 0.923 bits per heavy atom. The molecule has 0 N–H and O–H groups in total. The van der Waals surface area contributed by atoms with E-state index in [0.717, 1.165) is 0 Å². The van der Waals surface area contributed by atoms with E-state index in [2.05, 4.69) is 76.2 Å². The first kappa shape index (κ1) is 22.9. The lowest BCUT2D eigenvalue weighted by Gasteiger charge is -2.18. The number of hydrogen-bond acceptors (Lipinski definition) is 3. The van der Waals surface area contributed by atoms with Gasteiger partial charge in [0.1, 0.15) is 0 Å². The summed E-state index contributed by atoms with van der Waals surface area (Å²) in [6.45, 7) is 8.99. The lowest BCUT2D eigenvalue weighted by Crippen LogP contribution is -3.61. The van der Waals surface area contributed by atoms with Gasteiger partial charge in [-0.3, -0.25) is 0 Å². The summed E-state index contributed by atoms with van der Waals surface area (Å²) in [5.41, 5.74) is -2.56. The highest BCUT2D eigenvalue weighted by Crippen LogP contribution is 2.21. The third kappa shape index (κ3) is 7.24. The highest BCUT2D eigenvalue weighted by atomic mass is 127. The van der Waals surface area contributed by atoms with Gasteiger partial charge >= 0.3 is 26.7 Å². The molecule has 0 saturated heterocycles. The molecule has 0 aliphatic rings. The van der Waals surface area contributed by atoms with E-state index >= 15 is 0 Å². The summed E-state index contributed by atoms with van der Waals surface area (Å²) in [6, 6.07) is 17.9. The maximum absolute atomic E-state index is 10.7. The van der Waals surface area contributed by atoms with E-state index < -0.39 is 15.6 Å². The molecular weight excluding hydrogens is 480 g/mol. The fraction of sp³-hybridized carbons (Fsp3) is 0.333. The van der Waals surface area contributed by atoms with Crippen molar-refractivity contribution >= 4 is 10.1 Å². The van der Waals surface area contributed by atoms with E-state index in [4.69, 9.17) is 13.0 Å². The van der Waals surface area contributed by atoms with E-state index in [1.54, 1.807) is 0 Å². The van der Waals surface area contributed by atoms with Crippen LogP contribution in [0.4, 0.5) is 13.2 Å². The van der Waals surface area contributed by atoms with Crippen LogP contribution in [0.3, 0.4) is 0 Å². The SMILES string of the molecule is Cc1ccccc1[I+]c1ccc(C(C)(C)C)cc1.O=S(=O)([O-])C(F)(F)F. The zero-order chi connectivity index (χ0) is 20.2. The van der Waals surface area contributed by atoms with Gasteiger partial charge in [-0.05, 0) is 36.1 Å². The Balaban J connectivity index is 0.000000359. The van der Waals surface area contributed by atoms with Crippen LogP contribution in [0, 0.1) is 14.1 Å². The molecule has 3 nitrogen and oxygen atoms in total. The van der Waals surface area contributed by atoms with Crippen LogP contribution < -0.4 is 21.2 Å². The van der Waals surface area contributed by atoms with Gasteiger partial charge in [0.2, 0.25) is 0 Å². The number of hydrogen-bond donors (Lipinski definition) is 0. The molecule has 26 heavy (non-hydrogen) atoms. The first-order chi connectivity index (χ1) is 11.7. The summed E-state index contributed by atoms with van der Waals surface area (Å²) in [5, 5.41) is 0. The quantitative estimate of drug-likeness (QED) is 0.357. The Labute approximate surface area is 162 Å². The van der Waals surface area contributed by atoms with Crippen molar-refractivity contribution < 1.29 is 47.3 Å². The van der Waals surface area contributed by atoms with Gasteiger partial charge in [0, 0.05) is 5.56 Å². The Morgan fingerprint density at radius 3 is 1.77 bits per heavy atom. The molecule has 0 aromatic heterocycles. The van der Waals surface area contributed by atoms with Crippen LogP contribution in [0.5, 0.6) is 0 Å². The molecule has 0 heterocycles. The fourth-order valence-electron chi connectivity index (χ4n) is 1.79. The lowest BCUT2D eigenvalue weighted by atomic mass is 9.87. The van der Waals surface area contributed by atoms with Crippen molar-refractivity contribution in [3.8, 4) is 0 Å². The highest BCUT2D eigenvalue weighted by Gasteiger charge is 2.36. The van der Waals surface area contributed by atoms with Gasteiger partial charge in [0.25, 0.3) is 0 Å². The first-order valence-corrected chi connectivity index (χ1v) is 11.1. The summed E-state index contributed by atoms with van der Waals surface area (Å²) >= 11 is -0.0425. The van der Waals surface area contributed by atoms with E-state index in [1.807, 2.05) is 0 Å². The number of aryl methyl sites for hydroxylation is 1. The lowest BCUT2D eigenvalue weighted by molar-refractivity contribution is -0.598. The zero-order valence-electron chi connectivity index (χ0n) is 14.8. The summed E-state index contributed by atoms with van der Waals surface area (Å²) in [5.74, 6) is 0. The van der Waals surface area contributed by atoms with Crippen LogP contribution in [0.15, 0.2) is 48.5 Å². The second kappa shape index (κ2) is 8.71. The standard InChI is InChI=1S/C17H20I.CHF3O3S/c1-13-7-5-6-8-16(13)18-15-11-9-14(10-12-15)17(2,3)4;2-1(3,4)8(5,6)7/h5-12H,1-4H3;(H,5,6,7)/q+1;/p-1. The summed E-state index contributed by atoms with van der Waals surface area (Å²) < 4.78 is 61.9. The summed E-state index contributed by atoms with van der Waals surface area (Å²) in [6.07, 6.45) is 0. The summed E-state index contributed by atoms with van der Waals surface area (Å²) in [7, 11) is -6.09. The van der Waals surface area contributed by atoms with Crippen molar-refractivity contribution in [3.05, 3.63) is 66.8 Å². The largest absolute Gasteiger partial charge is 0.741 e. The number of rotatable bonds is 2. The minimum absolute atomic E-state index is 0.0425. The Bertz CT molecular complexity index is 824. The smallest absolute Gasteiger partial charge is 0.485 e. The first-order valence-electron chi connectivity index (χ1n) is 7.55. The molecular formula is C18H20F3IO3S. The molecule has 0 radical (unpaired) electrons. The van der Waals surface area contributed by atoms with Crippen molar-refractivity contribution in [3.63, 3.8) is 0 Å². The monoisotopic (exact) mass is 500 g/mol. The van der Waals surface area contributed by atoms with E-state index in [1.165, 1.54) is 18.3 Å². The molecule has 2 rings (SSSR count). The predicted molar refractivity (Wildman–Crippen MR) is 89.5 cm³/mol. The molecule has 0 spiro atoms. The fourth-order valence-corrected chi connectivity index (χ4v) is 4.17. The maximum Gasteiger partial charge on any atom is 0.485 e. The van der Waals surface area contributed by atoms with Gasteiger partial charge < -0.3 is 4.55 Å². The normalized spacial score (nSPS) is 12.3. The second-order valence-corrected chi connectivity index (χ2v) is 10.8. The molecule has 2 aromatic carbocycles. The van der Waals surface area contributed by atoms with Gasteiger partial charge in [-0.15, -0.1) is 0 Å². The third-order valence-corrected chi connectivity index (χ3v) is 6.98. The van der Waals surface area contributed by atoms with Crippen molar-refractivity contribution in [1.82, 2.24) is 0 Å². The predicted octanol–water partition coefficient (Wildman–Crippen LogP) is 1.47. The molecule has 0 aliphatic heterocycles. The van der Waals surface area contributed by atoms with Crippen molar-refractivity contribution in [1.29, 1.82) is 0 Å². The van der Waals surface area contributed by atoms with Crippen LogP contribution in [-0.4, -0.2) is 18.5 Å². The van der Waals surface area contributed by atoms with Crippen LogP contribution in [0.25, 0.3) is 0 Å². The molecule has 0 amide bonds. The second-order valence-electron chi connectivity index (χ2n) is 6.50. The molecule has 8 heteroatoms. The van der Waals surface area contributed by atoms with Crippen molar-refractivity contribution in [2.75, 3.05) is 0 Å². The zero-order valence-corrected chi connectivity index (χ0v) is 17.7. The third-order valence-electron chi connectivity index (χ3n) is 3.28. The van der Waals surface area contributed by atoms with E-state index in [9.17, 15) is 13.2 Å². The van der Waals surface area contributed by atoms with Crippen molar-refractivity contribution in [2.45, 2.75) is 38.6 Å². The molecule has 144 valence electrons. The minimum atomic E-state index is -6.09. The molecule has 0 aliphatic carbocycles. The minimum Gasteiger partial charge on any atom is -0.741 e. The Kier molecular flexibility index (Phi) is 7.67. The molecule has 0 saturated carbocycles. The molecule has 2 aromatic rings. The van der Waals surface area contributed by atoms with E-state index in [0.29, 0.717) is 0 Å². The molecule has 0 fully saturated rings. The average molecular weight is 500 g/mol. The Morgan fingerprint density at radius 2 is 1.38 bits per heavy atom. The highest BCUT2D eigenvalue weighted by molar-refractivity contribution is 7.86. The molecule has 0 unspecified atom stereocenters. The van der Waals surface area contributed by atoms with Gasteiger partial charge in [0.05, 0.1) is 0 Å². The molecule has 0 bridgehead atoms. The van der Waals surface area contributed by atoms with Crippen LogP contribution in [-0.2, 0) is 15.5 Å². The maximum atomic E-state index is 10.7.